The van der Waals surface area contributed by atoms with Crippen molar-refractivity contribution in [3.63, 3.8) is 0 Å². The maximum Gasteiger partial charge on any atom is 0.190 e. The Bertz CT molecular complexity index is 600. The third-order valence-electron chi connectivity index (χ3n) is 2.46. The molecule has 0 fully saturated rings. The molecule has 0 radical (unpaired) electrons. The number of benzene rings is 1. The fourth-order valence-corrected chi connectivity index (χ4v) is 2.53. The van der Waals surface area contributed by atoms with Gasteiger partial charge in [0.25, 0.3) is 0 Å². The van der Waals surface area contributed by atoms with Crippen LogP contribution >= 0.6 is 11.8 Å². The van der Waals surface area contributed by atoms with Gasteiger partial charge in [0, 0.05) is 11.9 Å². The minimum Gasteiger partial charge on any atom is -0.389 e. The SMILES string of the molecule is C[C@H](O)c1ccc(C#N)cc1Sc1ncnn1C. The molecule has 0 unspecified atom stereocenters. The number of aryl methyl sites for hydroxylation is 1. The second-order valence-corrected chi connectivity index (χ2v) is 4.82. The molecule has 0 spiro atoms. The zero-order valence-electron chi connectivity index (χ0n) is 10.0. The van der Waals surface area contributed by atoms with E-state index in [1.165, 1.54) is 18.1 Å². The van der Waals surface area contributed by atoms with E-state index in [4.69, 9.17) is 5.26 Å². The highest BCUT2D eigenvalue weighted by atomic mass is 32.2. The van der Waals surface area contributed by atoms with Crippen LogP contribution in [0.1, 0.15) is 24.2 Å². The van der Waals surface area contributed by atoms with E-state index >= 15 is 0 Å². The van der Waals surface area contributed by atoms with Crippen molar-refractivity contribution in [3.05, 3.63) is 35.7 Å². The monoisotopic (exact) mass is 260 g/mol. The van der Waals surface area contributed by atoms with Crippen molar-refractivity contribution in [2.45, 2.75) is 23.1 Å². The fourth-order valence-electron chi connectivity index (χ4n) is 1.51. The molecule has 0 amide bonds. The van der Waals surface area contributed by atoms with Crippen molar-refractivity contribution >= 4 is 11.8 Å². The van der Waals surface area contributed by atoms with Crippen LogP contribution < -0.4 is 0 Å². The lowest BCUT2D eigenvalue weighted by Crippen LogP contribution is -1.97. The number of aromatic nitrogens is 3. The van der Waals surface area contributed by atoms with E-state index in [1.807, 2.05) is 0 Å². The molecule has 1 aromatic carbocycles. The van der Waals surface area contributed by atoms with Crippen LogP contribution in [0, 0.1) is 11.3 Å². The molecule has 18 heavy (non-hydrogen) atoms. The molecule has 6 heteroatoms. The molecular formula is C12H12N4OS. The van der Waals surface area contributed by atoms with Gasteiger partial charge in [-0.15, -0.1) is 0 Å². The Balaban J connectivity index is 2.42. The van der Waals surface area contributed by atoms with Gasteiger partial charge in [-0.3, -0.25) is 0 Å². The molecule has 1 atom stereocenters. The van der Waals surface area contributed by atoms with Crippen LogP contribution in [0.5, 0.6) is 0 Å². The summed E-state index contributed by atoms with van der Waals surface area (Å²) in [4.78, 5) is 4.94. The average Bonchev–Trinajstić information content (AvgIpc) is 2.74. The predicted octanol–water partition coefficient (Wildman–Crippen LogP) is 1.89. The van der Waals surface area contributed by atoms with Crippen LogP contribution in [-0.4, -0.2) is 19.9 Å². The summed E-state index contributed by atoms with van der Waals surface area (Å²) in [5.41, 5.74) is 1.34. The second-order valence-electron chi connectivity index (χ2n) is 3.81. The van der Waals surface area contributed by atoms with Crippen molar-refractivity contribution < 1.29 is 5.11 Å². The Morgan fingerprint density at radius 2 is 2.28 bits per heavy atom. The van der Waals surface area contributed by atoms with Crippen molar-refractivity contribution in [3.8, 4) is 6.07 Å². The minimum atomic E-state index is -0.589. The Kier molecular flexibility index (Phi) is 3.65. The number of rotatable bonds is 3. The molecule has 1 N–H and O–H groups in total. The smallest absolute Gasteiger partial charge is 0.190 e. The summed E-state index contributed by atoms with van der Waals surface area (Å²) in [6.07, 6.45) is 0.881. The van der Waals surface area contributed by atoms with Gasteiger partial charge < -0.3 is 5.11 Å². The van der Waals surface area contributed by atoms with Gasteiger partial charge in [-0.25, -0.2) is 9.67 Å². The highest BCUT2D eigenvalue weighted by Gasteiger charge is 2.12. The summed E-state index contributed by atoms with van der Waals surface area (Å²) in [7, 11) is 1.80. The second kappa shape index (κ2) is 5.21. The van der Waals surface area contributed by atoms with E-state index in [0.29, 0.717) is 10.7 Å². The van der Waals surface area contributed by atoms with Crippen LogP contribution in [0.3, 0.4) is 0 Å². The van der Waals surface area contributed by atoms with Gasteiger partial charge in [0.15, 0.2) is 5.16 Å². The van der Waals surface area contributed by atoms with E-state index in [1.54, 1.807) is 36.9 Å². The summed E-state index contributed by atoms with van der Waals surface area (Å²) < 4.78 is 1.65. The van der Waals surface area contributed by atoms with Crippen molar-refractivity contribution in [1.29, 1.82) is 5.26 Å². The number of aliphatic hydroxyl groups is 1. The van der Waals surface area contributed by atoms with Crippen LogP contribution in [0.15, 0.2) is 34.6 Å². The Morgan fingerprint density at radius 3 is 2.83 bits per heavy atom. The topological polar surface area (TPSA) is 74.7 Å². The zero-order valence-corrected chi connectivity index (χ0v) is 10.8. The summed E-state index contributed by atoms with van der Waals surface area (Å²) in [6.45, 7) is 1.70. The Labute approximate surface area is 109 Å². The first kappa shape index (κ1) is 12.6. The molecular weight excluding hydrogens is 248 g/mol. The number of hydrogen-bond donors (Lipinski definition) is 1. The van der Waals surface area contributed by atoms with Gasteiger partial charge in [-0.2, -0.15) is 10.4 Å². The molecule has 0 aliphatic heterocycles. The molecule has 2 rings (SSSR count). The molecule has 1 heterocycles. The van der Waals surface area contributed by atoms with E-state index < -0.39 is 6.10 Å². The first-order valence-corrected chi connectivity index (χ1v) is 6.17. The molecule has 5 nitrogen and oxygen atoms in total. The molecule has 0 saturated heterocycles. The summed E-state index contributed by atoms with van der Waals surface area (Å²) in [6, 6.07) is 7.30. The fraction of sp³-hybridized carbons (Fsp3) is 0.250. The largest absolute Gasteiger partial charge is 0.389 e. The van der Waals surface area contributed by atoms with Gasteiger partial charge in [0.2, 0.25) is 0 Å². The Morgan fingerprint density at radius 1 is 1.50 bits per heavy atom. The minimum absolute atomic E-state index is 0.559. The summed E-state index contributed by atoms with van der Waals surface area (Å²) in [5.74, 6) is 0. The zero-order chi connectivity index (χ0) is 13.1. The highest BCUT2D eigenvalue weighted by Crippen LogP contribution is 2.32. The van der Waals surface area contributed by atoms with E-state index in [2.05, 4.69) is 16.2 Å². The number of hydrogen-bond acceptors (Lipinski definition) is 5. The lowest BCUT2D eigenvalue weighted by atomic mass is 10.1. The Hall–Kier alpha value is -1.84. The molecule has 92 valence electrons. The predicted molar refractivity (Wildman–Crippen MR) is 66.9 cm³/mol. The van der Waals surface area contributed by atoms with E-state index in [-0.39, 0.29) is 0 Å². The standard InChI is InChI=1S/C12H12N4OS/c1-8(17)10-4-3-9(6-13)5-11(10)18-12-14-7-15-16(12)2/h3-5,7-8,17H,1-2H3/t8-/m0/s1. The van der Waals surface area contributed by atoms with E-state index in [9.17, 15) is 5.11 Å². The van der Waals surface area contributed by atoms with Crippen LogP contribution in [-0.2, 0) is 7.05 Å². The normalized spacial score (nSPS) is 12.1. The van der Waals surface area contributed by atoms with Crippen LogP contribution in [0.2, 0.25) is 0 Å². The lowest BCUT2D eigenvalue weighted by molar-refractivity contribution is 0.196. The first-order chi connectivity index (χ1) is 8.61. The van der Waals surface area contributed by atoms with Gasteiger partial charge in [-0.1, -0.05) is 6.07 Å². The number of nitrogens with zero attached hydrogens (tertiary/aromatic N) is 4. The third-order valence-corrected chi connectivity index (χ3v) is 3.59. The molecule has 1 aromatic heterocycles. The average molecular weight is 260 g/mol. The summed E-state index contributed by atoms with van der Waals surface area (Å²) >= 11 is 1.38. The van der Waals surface area contributed by atoms with Gasteiger partial charge in [0.1, 0.15) is 6.33 Å². The van der Waals surface area contributed by atoms with Gasteiger partial charge >= 0.3 is 0 Å². The van der Waals surface area contributed by atoms with Crippen molar-refractivity contribution in [2.75, 3.05) is 0 Å². The first-order valence-electron chi connectivity index (χ1n) is 5.35. The number of nitriles is 1. The molecule has 2 aromatic rings. The molecule has 0 saturated carbocycles. The van der Waals surface area contributed by atoms with Gasteiger partial charge in [-0.05, 0) is 36.4 Å². The van der Waals surface area contributed by atoms with E-state index in [0.717, 1.165) is 10.5 Å². The van der Waals surface area contributed by atoms with Crippen LogP contribution in [0.4, 0.5) is 0 Å². The molecule has 0 bridgehead atoms. The maximum absolute atomic E-state index is 9.73. The quantitative estimate of drug-likeness (QED) is 0.912. The number of aliphatic hydroxyl groups excluding tert-OH is 1. The molecule has 0 aliphatic rings. The lowest BCUT2D eigenvalue weighted by Gasteiger charge is -2.11. The summed E-state index contributed by atoms with van der Waals surface area (Å²) in [5, 5.41) is 23.3. The molecule has 0 aliphatic carbocycles. The highest BCUT2D eigenvalue weighted by molar-refractivity contribution is 7.99. The van der Waals surface area contributed by atoms with Crippen molar-refractivity contribution in [2.24, 2.45) is 7.05 Å². The maximum atomic E-state index is 9.73. The van der Waals surface area contributed by atoms with Crippen molar-refractivity contribution in [1.82, 2.24) is 14.8 Å². The third kappa shape index (κ3) is 2.53. The van der Waals surface area contributed by atoms with Gasteiger partial charge in [0.05, 0.1) is 17.7 Å². The van der Waals surface area contributed by atoms with Crippen LogP contribution in [0.25, 0.3) is 0 Å².